The zero-order valence-corrected chi connectivity index (χ0v) is 14.4. The first kappa shape index (κ1) is 17.6. The number of amides is 1. The molecule has 1 amide bonds. The van der Waals surface area contributed by atoms with E-state index in [4.69, 9.17) is 9.15 Å². The summed E-state index contributed by atoms with van der Waals surface area (Å²) < 4.78 is 23.8. The van der Waals surface area contributed by atoms with Crippen LogP contribution in [0.5, 0.6) is 5.75 Å². The highest BCUT2D eigenvalue weighted by Crippen LogP contribution is 2.20. The average Bonchev–Trinajstić information content (AvgIpc) is 3.14. The van der Waals surface area contributed by atoms with E-state index in [0.717, 1.165) is 5.56 Å². The molecule has 2 aromatic heterocycles. The first-order valence-corrected chi connectivity index (χ1v) is 8.04. The number of halogens is 1. The maximum Gasteiger partial charge on any atom is 0.276 e. The maximum absolute atomic E-state index is 13.1. The fraction of sp³-hybridized carbons (Fsp3) is 0.211. The van der Waals surface area contributed by atoms with Gasteiger partial charge in [-0.15, -0.1) is 0 Å². The van der Waals surface area contributed by atoms with Gasteiger partial charge in [0.05, 0.1) is 6.04 Å². The van der Waals surface area contributed by atoms with Crippen LogP contribution in [0, 0.1) is 5.82 Å². The molecular formula is C19H18FN3O3. The first-order valence-electron chi connectivity index (χ1n) is 8.04. The Kier molecular flexibility index (Phi) is 5.26. The molecule has 0 aliphatic carbocycles. The molecule has 3 aromatic rings. The van der Waals surface area contributed by atoms with Crippen LogP contribution in [-0.4, -0.2) is 27.8 Å². The molecule has 0 aliphatic rings. The van der Waals surface area contributed by atoms with E-state index in [2.05, 4.69) is 9.97 Å². The van der Waals surface area contributed by atoms with E-state index in [-0.39, 0.29) is 30.1 Å². The molecule has 0 N–H and O–H groups in total. The van der Waals surface area contributed by atoms with Crippen molar-refractivity contribution in [1.29, 1.82) is 0 Å². The van der Waals surface area contributed by atoms with Crippen LogP contribution < -0.4 is 4.74 Å². The Bertz CT molecular complexity index is 883. The molecule has 0 fully saturated rings. The molecule has 1 atom stereocenters. The molecule has 0 unspecified atom stereocenters. The number of ether oxygens (including phenoxy) is 1. The van der Waals surface area contributed by atoms with Crippen LogP contribution in [0.3, 0.4) is 0 Å². The number of hydrogen-bond acceptors (Lipinski definition) is 5. The second-order valence-electron chi connectivity index (χ2n) is 5.75. The second-order valence-corrected chi connectivity index (χ2v) is 5.75. The van der Waals surface area contributed by atoms with Crippen LogP contribution in [0.25, 0.3) is 0 Å². The van der Waals surface area contributed by atoms with Gasteiger partial charge in [0.1, 0.15) is 17.8 Å². The van der Waals surface area contributed by atoms with Crippen molar-refractivity contribution >= 4 is 5.91 Å². The van der Waals surface area contributed by atoms with Crippen LogP contribution in [0.4, 0.5) is 4.39 Å². The van der Waals surface area contributed by atoms with Crippen molar-refractivity contribution in [3.8, 4) is 5.75 Å². The molecule has 2 heterocycles. The van der Waals surface area contributed by atoms with E-state index < -0.39 is 5.82 Å². The Morgan fingerprint density at radius 2 is 2.19 bits per heavy atom. The number of benzene rings is 1. The summed E-state index contributed by atoms with van der Waals surface area (Å²) in [5.74, 6) is -0.0719. The second kappa shape index (κ2) is 7.77. The lowest BCUT2D eigenvalue weighted by molar-refractivity contribution is 0.0736. The van der Waals surface area contributed by atoms with Crippen molar-refractivity contribution in [2.75, 3.05) is 7.05 Å². The monoisotopic (exact) mass is 355 g/mol. The van der Waals surface area contributed by atoms with E-state index >= 15 is 0 Å². The van der Waals surface area contributed by atoms with Gasteiger partial charge in [-0.25, -0.2) is 9.37 Å². The molecule has 0 saturated carbocycles. The number of carbonyl (C=O) groups is 1. The molecule has 134 valence electrons. The van der Waals surface area contributed by atoms with Gasteiger partial charge in [-0.2, -0.15) is 0 Å². The fourth-order valence-corrected chi connectivity index (χ4v) is 2.38. The third kappa shape index (κ3) is 4.05. The zero-order chi connectivity index (χ0) is 18.5. The molecule has 0 radical (unpaired) electrons. The van der Waals surface area contributed by atoms with E-state index in [1.165, 1.54) is 18.4 Å². The molecule has 6 nitrogen and oxygen atoms in total. The minimum Gasteiger partial charge on any atom is -0.484 e. The number of carbonyl (C=O) groups excluding carboxylic acids is 1. The molecule has 0 aliphatic heterocycles. The Morgan fingerprint density at radius 1 is 1.35 bits per heavy atom. The minimum atomic E-state index is -0.392. The Balaban J connectivity index is 1.64. The smallest absolute Gasteiger partial charge is 0.276 e. The summed E-state index contributed by atoms with van der Waals surface area (Å²) in [5, 5.41) is 0. The fourth-order valence-electron chi connectivity index (χ4n) is 2.38. The molecule has 7 heteroatoms. The Labute approximate surface area is 150 Å². The van der Waals surface area contributed by atoms with Crippen molar-refractivity contribution in [3.05, 3.63) is 78.0 Å². The molecule has 1 aromatic carbocycles. The van der Waals surface area contributed by atoms with Crippen molar-refractivity contribution in [1.82, 2.24) is 14.9 Å². The summed E-state index contributed by atoms with van der Waals surface area (Å²) in [5.41, 5.74) is 1.10. The lowest BCUT2D eigenvalue weighted by Gasteiger charge is -2.24. The van der Waals surface area contributed by atoms with E-state index in [9.17, 15) is 9.18 Å². The standard InChI is InChI=1S/C19H18FN3O3/c1-13(14-5-4-8-21-10-14)23(2)19(24)17-11-26-18(22-17)12-25-16-7-3-6-15(20)9-16/h3-11,13H,12H2,1-2H3/t13-/m0/s1. The number of oxazole rings is 1. The Morgan fingerprint density at radius 3 is 2.92 bits per heavy atom. The van der Waals surface area contributed by atoms with E-state index in [1.807, 2.05) is 19.1 Å². The quantitative estimate of drug-likeness (QED) is 0.675. The van der Waals surface area contributed by atoms with E-state index in [0.29, 0.717) is 5.75 Å². The van der Waals surface area contributed by atoms with E-state index in [1.54, 1.807) is 36.5 Å². The van der Waals surface area contributed by atoms with Crippen molar-refractivity contribution in [2.45, 2.75) is 19.6 Å². The highest BCUT2D eigenvalue weighted by Gasteiger charge is 2.22. The maximum atomic E-state index is 13.1. The van der Waals surface area contributed by atoms with Gasteiger partial charge in [0, 0.05) is 25.5 Å². The summed E-state index contributed by atoms with van der Waals surface area (Å²) in [6, 6.07) is 9.32. The molecule has 3 rings (SSSR count). The van der Waals surface area contributed by atoms with Gasteiger partial charge in [0.25, 0.3) is 5.91 Å². The first-order chi connectivity index (χ1) is 12.5. The van der Waals surface area contributed by atoms with Gasteiger partial charge >= 0.3 is 0 Å². The molecule has 0 bridgehead atoms. The van der Waals surface area contributed by atoms with Gasteiger partial charge in [-0.1, -0.05) is 12.1 Å². The normalized spacial score (nSPS) is 11.8. The SMILES string of the molecule is C[C@@H](c1cccnc1)N(C)C(=O)c1coc(COc2cccc(F)c2)n1. The van der Waals surface area contributed by atoms with Gasteiger partial charge < -0.3 is 14.1 Å². The van der Waals surface area contributed by atoms with Crippen LogP contribution in [0.15, 0.2) is 59.5 Å². The number of nitrogens with zero attached hydrogens (tertiary/aromatic N) is 3. The predicted octanol–water partition coefficient (Wildman–Crippen LogP) is 3.62. The summed E-state index contributed by atoms with van der Waals surface area (Å²) in [6.45, 7) is 1.90. The van der Waals surface area contributed by atoms with Crippen molar-refractivity contribution in [3.63, 3.8) is 0 Å². The van der Waals surface area contributed by atoms with Crippen LogP contribution >= 0.6 is 0 Å². The summed E-state index contributed by atoms with van der Waals surface area (Å²) in [4.78, 5) is 22.4. The number of aromatic nitrogens is 2. The highest BCUT2D eigenvalue weighted by atomic mass is 19.1. The third-order valence-corrected chi connectivity index (χ3v) is 4.00. The van der Waals surface area contributed by atoms with Crippen molar-refractivity contribution < 1.29 is 18.3 Å². The van der Waals surface area contributed by atoms with Gasteiger partial charge in [-0.3, -0.25) is 9.78 Å². The highest BCUT2D eigenvalue weighted by molar-refractivity contribution is 5.92. The van der Waals surface area contributed by atoms with Gasteiger partial charge in [0.2, 0.25) is 5.89 Å². The zero-order valence-electron chi connectivity index (χ0n) is 14.4. The topological polar surface area (TPSA) is 68.5 Å². The minimum absolute atomic E-state index is 0.00138. The molecule has 0 saturated heterocycles. The largest absolute Gasteiger partial charge is 0.484 e. The predicted molar refractivity (Wildman–Crippen MR) is 92.0 cm³/mol. The third-order valence-electron chi connectivity index (χ3n) is 4.00. The number of pyridine rings is 1. The molecular weight excluding hydrogens is 337 g/mol. The lowest BCUT2D eigenvalue weighted by atomic mass is 10.1. The lowest BCUT2D eigenvalue weighted by Crippen LogP contribution is -2.30. The van der Waals surface area contributed by atoms with Crippen LogP contribution in [-0.2, 0) is 6.61 Å². The van der Waals surface area contributed by atoms with Gasteiger partial charge in [0.15, 0.2) is 12.3 Å². The van der Waals surface area contributed by atoms with Crippen LogP contribution in [0.2, 0.25) is 0 Å². The Hall–Kier alpha value is -3.22. The van der Waals surface area contributed by atoms with Gasteiger partial charge in [-0.05, 0) is 30.7 Å². The van der Waals surface area contributed by atoms with Crippen LogP contribution in [0.1, 0.15) is 34.9 Å². The summed E-state index contributed by atoms with van der Waals surface area (Å²) in [6.07, 6.45) is 4.69. The molecule has 0 spiro atoms. The van der Waals surface area contributed by atoms with Crippen molar-refractivity contribution in [2.24, 2.45) is 0 Å². The summed E-state index contributed by atoms with van der Waals surface area (Å²) >= 11 is 0. The average molecular weight is 355 g/mol. The summed E-state index contributed by atoms with van der Waals surface area (Å²) in [7, 11) is 1.69. The number of rotatable bonds is 6. The number of hydrogen-bond donors (Lipinski definition) is 0. The molecule has 26 heavy (non-hydrogen) atoms.